The first-order chi connectivity index (χ1) is 15.5. The number of hydrogen-bond donors (Lipinski definition) is 3. The molecule has 0 saturated carbocycles. The van der Waals surface area contributed by atoms with Gasteiger partial charge in [-0.05, 0) is 41.8 Å². The van der Waals surface area contributed by atoms with Crippen molar-refractivity contribution in [1.82, 2.24) is 9.97 Å². The molecule has 3 aromatic carbocycles. The van der Waals surface area contributed by atoms with Gasteiger partial charge >= 0.3 is 6.03 Å². The summed E-state index contributed by atoms with van der Waals surface area (Å²) in [6, 6.07) is 16.7. The molecule has 0 radical (unpaired) electrons. The largest absolute Gasteiger partial charge is 0.365 e. The standard InChI is InChI=1S/C24H21F2N5O/c1-2-15-6-8-17(9-7-15)29-24(32)30-18-5-3-4-16(10-18)13-28-23-14-27-21-11-19(25)20(26)12-22(21)31-23/h3-12,14H,2,13H2,1H3,(H,28,31)(H2,29,30,32). The number of carbonyl (C=O) groups is 1. The molecule has 0 saturated heterocycles. The number of hydrogen-bond acceptors (Lipinski definition) is 4. The first-order valence-corrected chi connectivity index (χ1v) is 10.1. The summed E-state index contributed by atoms with van der Waals surface area (Å²) >= 11 is 0. The van der Waals surface area contributed by atoms with Crippen molar-refractivity contribution in [2.75, 3.05) is 16.0 Å². The maximum Gasteiger partial charge on any atom is 0.323 e. The molecule has 0 atom stereocenters. The van der Waals surface area contributed by atoms with E-state index in [2.05, 4.69) is 32.8 Å². The number of anilines is 3. The predicted molar refractivity (Wildman–Crippen MR) is 122 cm³/mol. The maximum absolute atomic E-state index is 13.4. The lowest BCUT2D eigenvalue weighted by Crippen LogP contribution is -2.19. The molecule has 1 heterocycles. The minimum absolute atomic E-state index is 0.257. The summed E-state index contributed by atoms with van der Waals surface area (Å²) in [4.78, 5) is 20.7. The topological polar surface area (TPSA) is 78.9 Å². The van der Waals surface area contributed by atoms with Gasteiger partial charge < -0.3 is 16.0 Å². The Kier molecular flexibility index (Phi) is 6.21. The second-order valence-corrected chi connectivity index (χ2v) is 7.19. The average molecular weight is 433 g/mol. The van der Waals surface area contributed by atoms with E-state index in [-0.39, 0.29) is 17.1 Å². The van der Waals surface area contributed by atoms with E-state index in [4.69, 9.17) is 0 Å². The summed E-state index contributed by atoms with van der Waals surface area (Å²) in [7, 11) is 0. The third-order valence-corrected chi connectivity index (χ3v) is 4.86. The lowest BCUT2D eigenvalue weighted by Gasteiger charge is -2.10. The van der Waals surface area contributed by atoms with Crippen LogP contribution in [0.1, 0.15) is 18.1 Å². The smallest absolute Gasteiger partial charge is 0.323 e. The van der Waals surface area contributed by atoms with E-state index in [1.165, 1.54) is 11.8 Å². The lowest BCUT2D eigenvalue weighted by molar-refractivity contribution is 0.262. The Morgan fingerprint density at radius 2 is 1.59 bits per heavy atom. The van der Waals surface area contributed by atoms with Crippen LogP contribution in [0.4, 0.5) is 30.8 Å². The Labute approximate surface area is 183 Å². The molecule has 8 heteroatoms. The van der Waals surface area contributed by atoms with Crippen LogP contribution in [0.25, 0.3) is 11.0 Å². The second kappa shape index (κ2) is 9.38. The molecular weight excluding hydrogens is 412 g/mol. The van der Waals surface area contributed by atoms with Gasteiger partial charge in [-0.25, -0.2) is 18.6 Å². The van der Waals surface area contributed by atoms with Crippen molar-refractivity contribution in [3.05, 3.63) is 89.6 Å². The molecule has 0 unspecified atom stereocenters. The minimum Gasteiger partial charge on any atom is -0.365 e. The highest BCUT2D eigenvalue weighted by atomic mass is 19.2. The molecule has 1 aromatic heterocycles. The van der Waals surface area contributed by atoms with Crippen molar-refractivity contribution in [1.29, 1.82) is 0 Å². The average Bonchev–Trinajstić information content (AvgIpc) is 2.79. The fourth-order valence-electron chi connectivity index (χ4n) is 3.16. The lowest BCUT2D eigenvalue weighted by atomic mass is 10.1. The Morgan fingerprint density at radius 1 is 0.875 bits per heavy atom. The highest BCUT2D eigenvalue weighted by Gasteiger charge is 2.08. The fraction of sp³-hybridized carbons (Fsp3) is 0.125. The Hall–Kier alpha value is -4.07. The molecule has 0 bridgehead atoms. The van der Waals surface area contributed by atoms with Crippen LogP contribution in [0.2, 0.25) is 0 Å². The number of urea groups is 1. The van der Waals surface area contributed by atoms with Crippen LogP contribution in [-0.2, 0) is 13.0 Å². The number of nitrogens with zero attached hydrogens (tertiary/aromatic N) is 2. The molecule has 3 N–H and O–H groups in total. The van der Waals surface area contributed by atoms with E-state index in [1.54, 1.807) is 6.07 Å². The van der Waals surface area contributed by atoms with Crippen LogP contribution in [0.3, 0.4) is 0 Å². The van der Waals surface area contributed by atoms with E-state index >= 15 is 0 Å². The molecule has 0 aliphatic heterocycles. The highest BCUT2D eigenvalue weighted by molar-refractivity contribution is 5.99. The number of carbonyl (C=O) groups excluding carboxylic acids is 1. The zero-order chi connectivity index (χ0) is 22.5. The second-order valence-electron chi connectivity index (χ2n) is 7.19. The number of aromatic nitrogens is 2. The molecule has 0 aliphatic rings. The monoisotopic (exact) mass is 433 g/mol. The Balaban J connectivity index is 1.37. The number of benzene rings is 3. The van der Waals surface area contributed by atoms with Crippen molar-refractivity contribution >= 4 is 34.3 Å². The molecule has 6 nitrogen and oxygen atoms in total. The van der Waals surface area contributed by atoms with Gasteiger partial charge in [-0.15, -0.1) is 0 Å². The van der Waals surface area contributed by atoms with Gasteiger partial charge in [0.05, 0.1) is 17.2 Å². The van der Waals surface area contributed by atoms with E-state index in [0.29, 0.717) is 23.7 Å². The highest BCUT2D eigenvalue weighted by Crippen LogP contribution is 2.18. The zero-order valence-electron chi connectivity index (χ0n) is 17.3. The molecule has 0 fully saturated rings. The first-order valence-electron chi connectivity index (χ1n) is 10.1. The SMILES string of the molecule is CCc1ccc(NC(=O)Nc2cccc(CNc3cnc4cc(F)c(F)cc4n3)c2)cc1. The van der Waals surface area contributed by atoms with Crippen molar-refractivity contribution < 1.29 is 13.6 Å². The molecule has 0 spiro atoms. The van der Waals surface area contributed by atoms with Crippen LogP contribution in [0, 0.1) is 11.6 Å². The van der Waals surface area contributed by atoms with E-state index in [1.807, 2.05) is 42.5 Å². The quantitative estimate of drug-likeness (QED) is 0.363. The Morgan fingerprint density at radius 3 is 2.34 bits per heavy atom. The van der Waals surface area contributed by atoms with Crippen LogP contribution in [0.15, 0.2) is 66.9 Å². The van der Waals surface area contributed by atoms with Crippen LogP contribution < -0.4 is 16.0 Å². The van der Waals surface area contributed by atoms with Gasteiger partial charge in [0.2, 0.25) is 0 Å². The van der Waals surface area contributed by atoms with Gasteiger partial charge in [0.15, 0.2) is 11.6 Å². The van der Waals surface area contributed by atoms with Gasteiger partial charge in [-0.1, -0.05) is 31.2 Å². The summed E-state index contributed by atoms with van der Waals surface area (Å²) in [5.41, 5.74) is 3.97. The molecule has 0 aliphatic carbocycles. The van der Waals surface area contributed by atoms with E-state index < -0.39 is 11.6 Å². The van der Waals surface area contributed by atoms with Gasteiger partial charge in [-0.3, -0.25) is 4.98 Å². The van der Waals surface area contributed by atoms with Crippen molar-refractivity contribution in [3.63, 3.8) is 0 Å². The molecule has 2 amide bonds. The van der Waals surface area contributed by atoms with E-state index in [0.717, 1.165) is 24.1 Å². The summed E-state index contributed by atoms with van der Waals surface area (Å²) in [6.45, 7) is 2.48. The van der Waals surface area contributed by atoms with Crippen LogP contribution >= 0.6 is 0 Å². The van der Waals surface area contributed by atoms with Crippen molar-refractivity contribution in [3.8, 4) is 0 Å². The van der Waals surface area contributed by atoms with Gasteiger partial charge in [0, 0.05) is 30.1 Å². The van der Waals surface area contributed by atoms with Gasteiger partial charge in [-0.2, -0.15) is 0 Å². The fourth-order valence-corrected chi connectivity index (χ4v) is 3.16. The molecule has 32 heavy (non-hydrogen) atoms. The number of amides is 2. The summed E-state index contributed by atoms with van der Waals surface area (Å²) in [5, 5.41) is 8.71. The summed E-state index contributed by atoms with van der Waals surface area (Å²) in [5.74, 6) is -1.50. The first kappa shape index (κ1) is 21.2. The number of fused-ring (bicyclic) bond motifs is 1. The molecule has 4 aromatic rings. The van der Waals surface area contributed by atoms with Crippen LogP contribution in [0.5, 0.6) is 0 Å². The van der Waals surface area contributed by atoms with E-state index in [9.17, 15) is 13.6 Å². The zero-order valence-corrected chi connectivity index (χ0v) is 17.3. The number of rotatable bonds is 6. The molecule has 4 rings (SSSR count). The molecular formula is C24H21F2N5O. The summed E-state index contributed by atoms with van der Waals surface area (Å²) < 4.78 is 26.8. The van der Waals surface area contributed by atoms with Crippen molar-refractivity contribution in [2.45, 2.75) is 19.9 Å². The maximum atomic E-state index is 13.4. The minimum atomic E-state index is -0.970. The Bertz CT molecular complexity index is 1260. The summed E-state index contributed by atoms with van der Waals surface area (Å²) in [6.07, 6.45) is 2.40. The van der Waals surface area contributed by atoms with Crippen molar-refractivity contribution in [2.24, 2.45) is 0 Å². The number of halogens is 2. The van der Waals surface area contributed by atoms with Gasteiger partial charge in [0.1, 0.15) is 5.82 Å². The normalized spacial score (nSPS) is 10.7. The number of nitrogens with one attached hydrogen (secondary N) is 3. The third kappa shape index (κ3) is 5.15. The predicted octanol–water partition coefficient (Wildman–Crippen LogP) is 5.73. The molecule has 162 valence electrons. The van der Waals surface area contributed by atoms with Crippen LogP contribution in [-0.4, -0.2) is 16.0 Å². The third-order valence-electron chi connectivity index (χ3n) is 4.86. The number of aryl methyl sites for hydroxylation is 1. The van der Waals surface area contributed by atoms with Gasteiger partial charge in [0.25, 0.3) is 0 Å².